The predicted molar refractivity (Wildman–Crippen MR) is 101 cm³/mol. The summed E-state index contributed by atoms with van der Waals surface area (Å²) in [4.78, 5) is 29.9. The molecule has 25 heavy (non-hydrogen) atoms. The third-order valence-electron chi connectivity index (χ3n) is 4.56. The van der Waals surface area contributed by atoms with Crippen LogP contribution in [-0.4, -0.2) is 21.8 Å². The number of nitrogens with zero attached hydrogens (tertiary/aromatic N) is 1. The zero-order valence-electron chi connectivity index (χ0n) is 14.5. The van der Waals surface area contributed by atoms with Gasteiger partial charge in [-0.15, -0.1) is 0 Å². The molecule has 0 bridgehead atoms. The molecule has 2 aromatic carbocycles. The van der Waals surface area contributed by atoms with Gasteiger partial charge >= 0.3 is 0 Å². The van der Waals surface area contributed by atoms with Crippen LogP contribution >= 0.6 is 0 Å². The summed E-state index contributed by atoms with van der Waals surface area (Å²) in [5.74, 6) is -0.111. The molecule has 0 saturated heterocycles. The first-order valence-corrected chi connectivity index (χ1v) is 8.57. The van der Waals surface area contributed by atoms with Crippen molar-refractivity contribution in [2.24, 2.45) is 0 Å². The van der Waals surface area contributed by atoms with Crippen LogP contribution in [0.3, 0.4) is 0 Å². The van der Waals surface area contributed by atoms with E-state index in [0.717, 1.165) is 17.4 Å². The SMILES string of the molecule is CCC(C)N(Cc1ccccc1)C(=O)c1cc(=O)[nH]c2ccccc12. The van der Waals surface area contributed by atoms with Gasteiger partial charge in [0, 0.05) is 29.6 Å². The van der Waals surface area contributed by atoms with Crippen LogP contribution in [-0.2, 0) is 6.54 Å². The molecule has 128 valence electrons. The molecule has 1 heterocycles. The van der Waals surface area contributed by atoms with Crippen LogP contribution < -0.4 is 5.56 Å². The van der Waals surface area contributed by atoms with Crippen molar-refractivity contribution >= 4 is 16.8 Å². The van der Waals surface area contributed by atoms with Gasteiger partial charge < -0.3 is 9.88 Å². The van der Waals surface area contributed by atoms with Crippen molar-refractivity contribution in [3.8, 4) is 0 Å². The first kappa shape index (κ1) is 17.0. The zero-order valence-corrected chi connectivity index (χ0v) is 14.5. The van der Waals surface area contributed by atoms with Crippen LogP contribution in [0.15, 0.2) is 65.5 Å². The molecule has 1 atom stereocenters. The average molecular weight is 334 g/mol. The molecular formula is C21H22N2O2. The van der Waals surface area contributed by atoms with Gasteiger partial charge in [-0.25, -0.2) is 0 Å². The van der Waals surface area contributed by atoms with E-state index in [0.29, 0.717) is 17.6 Å². The van der Waals surface area contributed by atoms with Crippen molar-refractivity contribution in [2.45, 2.75) is 32.9 Å². The van der Waals surface area contributed by atoms with E-state index < -0.39 is 0 Å². The van der Waals surface area contributed by atoms with Gasteiger partial charge in [-0.2, -0.15) is 0 Å². The van der Waals surface area contributed by atoms with Crippen LogP contribution in [0.5, 0.6) is 0 Å². The highest BCUT2D eigenvalue weighted by molar-refractivity contribution is 6.06. The van der Waals surface area contributed by atoms with E-state index >= 15 is 0 Å². The summed E-state index contributed by atoms with van der Waals surface area (Å²) in [5, 5.41) is 0.772. The lowest BCUT2D eigenvalue weighted by molar-refractivity contribution is 0.0673. The molecule has 0 aliphatic carbocycles. The summed E-state index contributed by atoms with van der Waals surface area (Å²) >= 11 is 0. The van der Waals surface area contributed by atoms with Gasteiger partial charge in [-0.3, -0.25) is 9.59 Å². The highest BCUT2D eigenvalue weighted by Gasteiger charge is 2.23. The lowest BCUT2D eigenvalue weighted by Gasteiger charge is -2.29. The average Bonchev–Trinajstić information content (AvgIpc) is 2.65. The molecule has 1 amide bonds. The Morgan fingerprint density at radius 2 is 1.76 bits per heavy atom. The fourth-order valence-corrected chi connectivity index (χ4v) is 2.96. The van der Waals surface area contributed by atoms with Gasteiger partial charge in [0.25, 0.3) is 5.91 Å². The minimum atomic E-state index is -0.258. The third-order valence-corrected chi connectivity index (χ3v) is 4.56. The minimum Gasteiger partial charge on any atom is -0.332 e. The molecule has 4 heteroatoms. The Morgan fingerprint density at radius 3 is 2.48 bits per heavy atom. The van der Waals surface area contributed by atoms with Crippen LogP contribution in [0.1, 0.15) is 36.2 Å². The molecule has 0 aliphatic rings. The Bertz CT molecular complexity index is 931. The zero-order chi connectivity index (χ0) is 17.8. The van der Waals surface area contributed by atoms with E-state index in [9.17, 15) is 9.59 Å². The third kappa shape index (κ3) is 3.63. The number of para-hydroxylation sites is 1. The Hall–Kier alpha value is -2.88. The second-order valence-electron chi connectivity index (χ2n) is 6.27. The van der Waals surface area contributed by atoms with Gasteiger partial charge in [0.2, 0.25) is 5.56 Å². The van der Waals surface area contributed by atoms with Crippen molar-refractivity contribution < 1.29 is 4.79 Å². The molecule has 0 aliphatic heterocycles. The standard InChI is InChI=1S/C21H22N2O2/c1-3-15(2)23(14-16-9-5-4-6-10-16)21(25)18-13-20(24)22-19-12-8-7-11-17(18)19/h4-13,15H,3,14H2,1-2H3,(H,22,24). The van der Waals surface area contributed by atoms with E-state index in [4.69, 9.17) is 0 Å². The molecule has 0 radical (unpaired) electrons. The predicted octanol–water partition coefficient (Wildman–Crippen LogP) is 3.97. The maximum absolute atomic E-state index is 13.3. The number of pyridine rings is 1. The van der Waals surface area contributed by atoms with Crippen molar-refractivity contribution in [2.75, 3.05) is 0 Å². The number of carbonyl (C=O) groups excluding carboxylic acids is 1. The fraction of sp³-hybridized carbons (Fsp3) is 0.238. The summed E-state index contributed by atoms with van der Waals surface area (Å²) in [6.45, 7) is 4.62. The largest absolute Gasteiger partial charge is 0.332 e. The van der Waals surface area contributed by atoms with Crippen molar-refractivity contribution in [1.82, 2.24) is 9.88 Å². The number of hydrogen-bond acceptors (Lipinski definition) is 2. The number of amides is 1. The monoisotopic (exact) mass is 334 g/mol. The lowest BCUT2D eigenvalue weighted by Crippen LogP contribution is -2.38. The number of benzene rings is 2. The van der Waals surface area contributed by atoms with Gasteiger partial charge in [0.05, 0.1) is 5.56 Å². The molecule has 0 saturated carbocycles. The van der Waals surface area contributed by atoms with E-state index in [2.05, 4.69) is 11.9 Å². The Balaban J connectivity index is 2.05. The molecule has 0 spiro atoms. The number of rotatable bonds is 5. The molecule has 1 aromatic heterocycles. The first-order chi connectivity index (χ1) is 12.1. The summed E-state index contributed by atoms with van der Waals surface area (Å²) in [5.41, 5.74) is 1.95. The van der Waals surface area contributed by atoms with Gasteiger partial charge in [0.15, 0.2) is 0 Å². The topological polar surface area (TPSA) is 53.2 Å². The normalized spacial score (nSPS) is 12.1. The smallest absolute Gasteiger partial charge is 0.255 e. The van der Waals surface area contributed by atoms with Crippen LogP contribution in [0.2, 0.25) is 0 Å². The van der Waals surface area contributed by atoms with Crippen molar-refractivity contribution in [3.63, 3.8) is 0 Å². The minimum absolute atomic E-state index is 0.0748. The fourth-order valence-electron chi connectivity index (χ4n) is 2.96. The molecular weight excluding hydrogens is 312 g/mol. The Kier molecular flexibility index (Phi) is 4.98. The molecule has 3 aromatic rings. The summed E-state index contributed by atoms with van der Waals surface area (Å²) < 4.78 is 0. The number of nitrogens with one attached hydrogen (secondary N) is 1. The summed E-state index contributed by atoms with van der Waals surface area (Å²) in [7, 11) is 0. The van der Waals surface area contributed by atoms with Crippen molar-refractivity contribution in [3.05, 3.63) is 82.1 Å². The van der Waals surface area contributed by atoms with Gasteiger partial charge in [-0.1, -0.05) is 55.5 Å². The number of aromatic amines is 1. The van der Waals surface area contributed by atoms with Crippen LogP contribution in [0, 0.1) is 0 Å². The molecule has 3 rings (SSSR count). The summed E-state index contributed by atoms with van der Waals surface area (Å²) in [6, 6.07) is 18.8. The Labute approximate surface area is 147 Å². The lowest BCUT2D eigenvalue weighted by atomic mass is 10.1. The molecule has 4 nitrogen and oxygen atoms in total. The maximum Gasteiger partial charge on any atom is 0.255 e. The number of H-pyrrole nitrogens is 1. The molecule has 1 unspecified atom stereocenters. The van der Waals surface area contributed by atoms with Crippen LogP contribution in [0.25, 0.3) is 10.9 Å². The van der Waals surface area contributed by atoms with E-state index in [-0.39, 0.29) is 17.5 Å². The molecule has 0 fully saturated rings. The van der Waals surface area contributed by atoms with Gasteiger partial charge in [-0.05, 0) is 25.0 Å². The highest BCUT2D eigenvalue weighted by Crippen LogP contribution is 2.20. The number of carbonyl (C=O) groups is 1. The Morgan fingerprint density at radius 1 is 1.08 bits per heavy atom. The van der Waals surface area contributed by atoms with E-state index in [1.807, 2.05) is 66.4 Å². The first-order valence-electron chi connectivity index (χ1n) is 8.57. The quantitative estimate of drug-likeness (QED) is 0.767. The van der Waals surface area contributed by atoms with E-state index in [1.54, 1.807) is 0 Å². The van der Waals surface area contributed by atoms with Crippen molar-refractivity contribution in [1.29, 1.82) is 0 Å². The second kappa shape index (κ2) is 7.34. The molecule has 1 N–H and O–H groups in total. The number of hydrogen-bond donors (Lipinski definition) is 1. The maximum atomic E-state index is 13.3. The van der Waals surface area contributed by atoms with Gasteiger partial charge in [0.1, 0.15) is 0 Å². The second-order valence-corrected chi connectivity index (χ2v) is 6.27. The number of aromatic nitrogens is 1. The summed E-state index contributed by atoms with van der Waals surface area (Å²) in [6.07, 6.45) is 0.847. The van der Waals surface area contributed by atoms with Crippen LogP contribution in [0.4, 0.5) is 0 Å². The highest BCUT2D eigenvalue weighted by atomic mass is 16.2. The number of fused-ring (bicyclic) bond motifs is 1. The van der Waals surface area contributed by atoms with E-state index in [1.165, 1.54) is 6.07 Å².